The molecular weight excluding hydrogens is 304 g/mol. The van der Waals surface area contributed by atoms with Gasteiger partial charge in [0.1, 0.15) is 11.2 Å². The molecule has 0 atom stereocenters. The lowest BCUT2D eigenvalue weighted by molar-refractivity contribution is 0.664. The zero-order valence-corrected chi connectivity index (χ0v) is 14.1. The Bertz CT molecular complexity index is 1230. The molecule has 5 rings (SSSR count). The maximum atomic E-state index is 6.29. The van der Waals surface area contributed by atoms with Crippen molar-refractivity contribution in [2.24, 2.45) is 0 Å². The van der Waals surface area contributed by atoms with Gasteiger partial charge in [0.15, 0.2) is 0 Å². The first-order valence-electron chi connectivity index (χ1n) is 8.66. The second kappa shape index (κ2) is 5.49. The molecule has 0 amide bonds. The Balaban J connectivity index is 1.73. The normalized spacial score (nSPS) is 11.6. The third-order valence-corrected chi connectivity index (χ3v) is 4.92. The molecule has 1 nitrogen and oxygen atoms in total. The second-order valence-electron chi connectivity index (χ2n) is 6.76. The van der Waals surface area contributed by atoms with Gasteiger partial charge in [-0.05, 0) is 41.0 Å². The SMILES string of the molecule is Cc1cccc(Cc2cccc3c2oc2cc4ccccc4cc23)c1. The molecule has 0 saturated carbocycles. The minimum atomic E-state index is 0.887. The summed E-state index contributed by atoms with van der Waals surface area (Å²) in [5, 5.41) is 4.86. The number of rotatable bonds is 2. The lowest BCUT2D eigenvalue weighted by atomic mass is 10.0. The summed E-state index contributed by atoms with van der Waals surface area (Å²) in [6.07, 6.45) is 0.887. The van der Waals surface area contributed by atoms with Crippen LogP contribution in [0, 0.1) is 6.92 Å². The highest BCUT2D eigenvalue weighted by atomic mass is 16.3. The van der Waals surface area contributed by atoms with Gasteiger partial charge in [-0.25, -0.2) is 0 Å². The first kappa shape index (κ1) is 14.3. The summed E-state index contributed by atoms with van der Waals surface area (Å²) >= 11 is 0. The highest BCUT2D eigenvalue weighted by Gasteiger charge is 2.12. The molecule has 0 aliphatic heterocycles. The standard InChI is InChI=1S/C24H18O/c1-16-6-4-7-17(12-16)13-20-10-5-11-21-22-14-18-8-2-3-9-19(18)15-23(22)25-24(20)21/h2-12,14-15H,13H2,1H3. The summed E-state index contributed by atoms with van der Waals surface area (Å²) in [6, 6.07) is 28.0. The van der Waals surface area contributed by atoms with E-state index in [1.54, 1.807) is 0 Å². The summed E-state index contributed by atoms with van der Waals surface area (Å²) in [7, 11) is 0. The van der Waals surface area contributed by atoms with Crippen molar-refractivity contribution in [1.82, 2.24) is 0 Å². The van der Waals surface area contributed by atoms with E-state index in [1.807, 2.05) is 0 Å². The lowest BCUT2D eigenvalue weighted by Gasteiger charge is -2.04. The highest BCUT2D eigenvalue weighted by molar-refractivity contribution is 6.10. The molecule has 0 aliphatic carbocycles. The molecule has 0 saturated heterocycles. The van der Waals surface area contributed by atoms with Crippen LogP contribution >= 0.6 is 0 Å². The predicted octanol–water partition coefficient (Wildman–Crippen LogP) is 6.64. The van der Waals surface area contributed by atoms with Gasteiger partial charge in [0.25, 0.3) is 0 Å². The number of fused-ring (bicyclic) bond motifs is 4. The molecule has 0 N–H and O–H groups in total. The van der Waals surface area contributed by atoms with Crippen LogP contribution in [0.15, 0.2) is 83.3 Å². The molecule has 1 aromatic heterocycles. The minimum Gasteiger partial charge on any atom is -0.456 e. The van der Waals surface area contributed by atoms with Gasteiger partial charge in [0.05, 0.1) is 0 Å². The van der Waals surface area contributed by atoms with Crippen molar-refractivity contribution in [2.75, 3.05) is 0 Å². The Labute approximate surface area is 146 Å². The zero-order chi connectivity index (χ0) is 16.8. The summed E-state index contributed by atoms with van der Waals surface area (Å²) in [5.74, 6) is 0. The van der Waals surface area contributed by atoms with Crippen LogP contribution < -0.4 is 0 Å². The lowest BCUT2D eigenvalue weighted by Crippen LogP contribution is -1.89. The van der Waals surface area contributed by atoms with Gasteiger partial charge in [-0.1, -0.05) is 72.3 Å². The minimum absolute atomic E-state index is 0.887. The van der Waals surface area contributed by atoms with E-state index in [0.29, 0.717) is 0 Å². The third-order valence-electron chi connectivity index (χ3n) is 4.92. The summed E-state index contributed by atoms with van der Waals surface area (Å²) < 4.78 is 6.29. The monoisotopic (exact) mass is 322 g/mol. The zero-order valence-electron chi connectivity index (χ0n) is 14.1. The Kier molecular flexibility index (Phi) is 3.14. The van der Waals surface area contributed by atoms with E-state index in [-0.39, 0.29) is 0 Å². The van der Waals surface area contributed by atoms with Crippen molar-refractivity contribution in [3.05, 3.63) is 95.6 Å². The molecule has 0 fully saturated rings. The maximum Gasteiger partial charge on any atom is 0.138 e. The Morgan fingerprint density at radius 3 is 2.36 bits per heavy atom. The molecule has 0 radical (unpaired) electrons. The molecule has 120 valence electrons. The van der Waals surface area contributed by atoms with Gasteiger partial charge in [-0.15, -0.1) is 0 Å². The average molecular weight is 322 g/mol. The molecular formula is C24H18O. The summed E-state index contributed by atoms with van der Waals surface area (Å²) in [6.45, 7) is 2.14. The van der Waals surface area contributed by atoms with Gasteiger partial charge < -0.3 is 4.42 Å². The van der Waals surface area contributed by atoms with Crippen LogP contribution in [-0.2, 0) is 6.42 Å². The van der Waals surface area contributed by atoms with Crippen LogP contribution in [0.2, 0.25) is 0 Å². The smallest absolute Gasteiger partial charge is 0.138 e. The molecule has 1 heterocycles. The van der Waals surface area contributed by atoms with Crippen LogP contribution in [0.3, 0.4) is 0 Å². The fourth-order valence-electron chi connectivity index (χ4n) is 3.72. The van der Waals surface area contributed by atoms with E-state index < -0.39 is 0 Å². The molecule has 0 aliphatic rings. The molecule has 0 unspecified atom stereocenters. The van der Waals surface area contributed by atoms with E-state index in [9.17, 15) is 0 Å². The van der Waals surface area contributed by atoms with Gasteiger partial charge in [-0.2, -0.15) is 0 Å². The first-order chi connectivity index (χ1) is 12.3. The second-order valence-corrected chi connectivity index (χ2v) is 6.76. The molecule has 25 heavy (non-hydrogen) atoms. The van der Waals surface area contributed by atoms with E-state index in [4.69, 9.17) is 4.42 Å². The Morgan fingerprint density at radius 2 is 1.52 bits per heavy atom. The average Bonchev–Trinajstić information content (AvgIpc) is 2.98. The largest absolute Gasteiger partial charge is 0.456 e. The van der Waals surface area contributed by atoms with E-state index in [2.05, 4.69) is 85.8 Å². The number of hydrogen-bond donors (Lipinski definition) is 0. The van der Waals surface area contributed by atoms with Gasteiger partial charge >= 0.3 is 0 Å². The highest BCUT2D eigenvalue weighted by Crippen LogP contribution is 2.34. The fourth-order valence-corrected chi connectivity index (χ4v) is 3.72. The number of aryl methyl sites for hydroxylation is 1. The number of para-hydroxylation sites is 1. The fraction of sp³-hybridized carbons (Fsp3) is 0.0833. The van der Waals surface area contributed by atoms with Gasteiger partial charge in [0, 0.05) is 17.2 Å². The van der Waals surface area contributed by atoms with Crippen LogP contribution in [0.4, 0.5) is 0 Å². The number of furan rings is 1. The molecule has 0 spiro atoms. The van der Waals surface area contributed by atoms with Crippen molar-refractivity contribution < 1.29 is 4.42 Å². The number of hydrogen-bond acceptors (Lipinski definition) is 1. The van der Waals surface area contributed by atoms with Gasteiger partial charge in [0.2, 0.25) is 0 Å². The van der Waals surface area contributed by atoms with Crippen molar-refractivity contribution in [1.29, 1.82) is 0 Å². The molecule has 1 heteroatoms. The van der Waals surface area contributed by atoms with Crippen molar-refractivity contribution >= 4 is 32.7 Å². The summed E-state index contributed by atoms with van der Waals surface area (Å²) in [5.41, 5.74) is 5.82. The van der Waals surface area contributed by atoms with Crippen LogP contribution in [0.1, 0.15) is 16.7 Å². The quantitative estimate of drug-likeness (QED) is 0.355. The maximum absolute atomic E-state index is 6.29. The first-order valence-corrected chi connectivity index (χ1v) is 8.66. The Hall–Kier alpha value is -3.06. The van der Waals surface area contributed by atoms with Crippen molar-refractivity contribution in [2.45, 2.75) is 13.3 Å². The van der Waals surface area contributed by atoms with Crippen LogP contribution in [0.5, 0.6) is 0 Å². The molecule has 0 bridgehead atoms. The van der Waals surface area contributed by atoms with Crippen LogP contribution in [-0.4, -0.2) is 0 Å². The van der Waals surface area contributed by atoms with E-state index in [0.717, 1.165) is 17.6 Å². The van der Waals surface area contributed by atoms with Crippen molar-refractivity contribution in [3.63, 3.8) is 0 Å². The van der Waals surface area contributed by atoms with E-state index in [1.165, 1.54) is 38.2 Å². The molecule has 4 aromatic carbocycles. The third kappa shape index (κ3) is 2.40. The predicted molar refractivity (Wildman–Crippen MR) is 105 cm³/mol. The van der Waals surface area contributed by atoms with Gasteiger partial charge in [-0.3, -0.25) is 0 Å². The Morgan fingerprint density at radius 1 is 0.720 bits per heavy atom. The summed E-state index contributed by atoms with van der Waals surface area (Å²) in [4.78, 5) is 0. The number of benzene rings is 4. The van der Waals surface area contributed by atoms with Crippen molar-refractivity contribution in [3.8, 4) is 0 Å². The molecule has 5 aromatic rings. The van der Waals surface area contributed by atoms with E-state index >= 15 is 0 Å². The van der Waals surface area contributed by atoms with Crippen LogP contribution in [0.25, 0.3) is 32.7 Å². The topological polar surface area (TPSA) is 13.1 Å².